The van der Waals surface area contributed by atoms with Gasteiger partial charge in [-0.3, -0.25) is 14.6 Å². The fraction of sp³-hybridized carbons (Fsp3) is 0.182. The Balaban J connectivity index is 2.81. The Kier molecular flexibility index (Phi) is 3.29. The third-order valence-corrected chi connectivity index (χ3v) is 1.72. The van der Waals surface area contributed by atoms with Crippen molar-refractivity contribution in [1.82, 2.24) is 4.98 Å². The molecule has 0 atom stereocenters. The van der Waals surface area contributed by atoms with Gasteiger partial charge in [-0.25, -0.2) is 0 Å². The number of aromatic nitrogens is 1. The summed E-state index contributed by atoms with van der Waals surface area (Å²) in [7, 11) is 0. The van der Waals surface area contributed by atoms with Crippen LogP contribution in [0.25, 0.3) is 6.08 Å². The lowest BCUT2D eigenvalue weighted by Crippen LogP contribution is -2.06. The molecule has 0 aliphatic rings. The molecule has 1 aromatic heterocycles. The minimum atomic E-state index is -0.242. The molecule has 0 spiro atoms. The van der Waals surface area contributed by atoms with Gasteiger partial charge in [0, 0.05) is 6.20 Å². The number of hydrogen-bond acceptors (Lipinski definition) is 3. The molecule has 0 fully saturated rings. The normalized spacial score (nSPS) is 9.50. The summed E-state index contributed by atoms with van der Waals surface area (Å²) >= 11 is 0. The highest BCUT2D eigenvalue weighted by atomic mass is 16.1. The van der Waals surface area contributed by atoms with E-state index in [9.17, 15) is 9.59 Å². The molecule has 0 aromatic carbocycles. The van der Waals surface area contributed by atoms with Crippen molar-refractivity contribution in [2.45, 2.75) is 13.3 Å². The van der Waals surface area contributed by atoms with Crippen LogP contribution >= 0.6 is 0 Å². The molecule has 0 aliphatic heterocycles. The summed E-state index contributed by atoms with van der Waals surface area (Å²) < 4.78 is 0. The van der Waals surface area contributed by atoms with Crippen molar-refractivity contribution < 1.29 is 9.59 Å². The third kappa shape index (κ3) is 2.62. The minimum Gasteiger partial charge on any atom is -0.300 e. The van der Waals surface area contributed by atoms with Crippen LogP contribution in [0.1, 0.15) is 29.4 Å². The van der Waals surface area contributed by atoms with Gasteiger partial charge in [-0.2, -0.15) is 0 Å². The largest absolute Gasteiger partial charge is 0.300 e. The Morgan fingerprint density at radius 2 is 2.21 bits per heavy atom. The van der Waals surface area contributed by atoms with Crippen molar-refractivity contribution in [2.75, 3.05) is 0 Å². The van der Waals surface area contributed by atoms with Gasteiger partial charge in [0.2, 0.25) is 0 Å². The SMILES string of the molecule is C=Cc1ccc(C(=O)CC(C)=O)nc1. The standard InChI is InChI=1S/C11H11NO2/c1-3-9-4-5-10(12-7-9)11(14)6-8(2)13/h3-5,7H,1,6H2,2H3. The fourth-order valence-electron chi connectivity index (χ4n) is 1.01. The maximum absolute atomic E-state index is 11.3. The van der Waals surface area contributed by atoms with Crippen molar-refractivity contribution >= 4 is 17.6 Å². The summed E-state index contributed by atoms with van der Waals surface area (Å²) in [5, 5.41) is 0. The summed E-state index contributed by atoms with van der Waals surface area (Å²) in [6.45, 7) is 4.96. The van der Waals surface area contributed by atoms with Gasteiger partial charge in [-0.1, -0.05) is 18.7 Å². The first-order valence-corrected chi connectivity index (χ1v) is 4.24. The van der Waals surface area contributed by atoms with Crippen LogP contribution in [0, 0.1) is 0 Å². The highest BCUT2D eigenvalue weighted by Gasteiger charge is 2.08. The number of hydrogen-bond donors (Lipinski definition) is 0. The van der Waals surface area contributed by atoms with Crippen LogP contribution in [0.15, 0.2) is 24.9 Å². The fourth-order valence-corrected chi connectivity index (χ4v) is 1.01. The summed E-state index contributed by atoms with van der Waals surface area (Å²) in [4.78, 5) is 26.0. The quantitative estimate of drug-likeness (QED) is 0.536. The highest BCUT2D eigenvalue weighted by Crippen LogP contribution is 2.04. The van der Waals surface area contributed by atoms with E-state index in [1.165, 1.54) is 6.92 Å². The van der Waals surface area contributed by atoms with E-state index in [1.807, 2.05) is 0 Å². The van der Waals surface area contributed by atoms with E-state index in [4.69, 9.17) is 0 Å². The van der Waals surface area contributed by atoms with Crippen LogP contribution in [0.2, 0.25) is 0 Å². The zero-order valence-electron chi connectivity index (χ0n) is 7.99. The second-order valence-electron chi connectivity index (χ2n) is 2.98. The molecule has 72 valence electrons. The van der Waals surface area contributed by atoms with E-state index in [0.717, 1.165) is 5.56 Å². The average molecular weight is 189 g/mol. The van der Waals surface area contributed by atoms with E-state index in [2.05, 4.69) is 11.6 Å². The predicted octanol–water partition coefficient (Wildman–Crippen LogP) is 1.89. The van der Waals surface area contributed by atoms with Gasteiger partial charge in [0.15, 0.2) is 5.78 Å². The molecule has 1 heterocycles. The molecule has 14 heavy (non-hydrogen) atoms. The molecule has 3 heteroatoms. The van der Waals surface area contributed by atoms with Gasteiger partial charge in [-0.05, 0) is 18.6 Å². The highest BCUT2D eigenvalue weighted by molar-refractivity contribution is 6.06. The maximum Gasteiger partial charge on any atom is 0.188 e. The van der Waals surface area contributed by atoms with Crippen LogP contribution in [-0.2, 0) is 4.79 Å². The van der Waals surface area contributed by atoms with Crippen molar-refractivity contribution in [3.05, 3.63) is 36.2 Å². The molecule has 0 saturated heterocycles. The topological polar surface area (TPSA) is 47.0 Å². The molecule has 0 bridgehead atoms. The number of carbonyl (C=O) groups excluding carboxylic acids is 2. The van der Waals surface area contributed by atoms with E-state index >= 15 is 0 Å². The summed E-state index contributed by atoms with van der Waals surface area (Å²) in [5.74, 6) is -0.391. The van der Waals surface area contributed by atoms with Gasteiger partial charge >= 0.3 is 0 Å². The van der Waals surface area contributed by atoms with Crippen LogP contribution in [0.3, 0.4) is 0 Å². The summed E-state index contributed by atoms with van der Waals surface area (Å²) in [6, 6.07) is 3.34. The smallest absolute Gasteiger partial charge is 0.188 e. The van der Waals surface area contributed by atoms with E-state index in [-0.39, 0.29) is 18.0 Å². The van der Waals surface area contributed by atoms with E-state index in [1.54, 1.807) is 24.4 Å². The van der Waals surface area contributed by atoms with Gasteiger partial charge < -0.3 is 0 Å². The Morgan fingerprint density at radius 1 is 1.50 bits per heavy atom. The molecular formula is C11H11NO2. The lowest BCUT2D eigenvalue weighted by molar-refractivity contribution is -0.116. The molecule has 0 N–H and O–H groups in total. The summed E-state index contributed by atoms with van der Waals surface area (Å²) in [6.07, 6.45) is 3.12. The lowest BCUT2D eigenvalue weighted by atomic mass is 10.1. The third-order valence-electron chi connectivity index (χ3n) is 1.72. The number of rotatable bonds is 4. The second kappa shape index (κ2) is 4.46. The first-order valence-electron chi connectivity index (χ1n) is 4.24. The Labute approximate surface area is 82.5 Å². The van der Waals surface area contributed by atoms with Gasteiger partial charge in [-0.15, -0.1) is 0 Å². The second-order valence-corrected chi connectivity index (χ2v) is 2.98. The van der Waals surface area contributed by atoms with E-state index < -0.39 is 0 Å². The molecular weight excluding hydrogens is 178 g/mol. The molecule has 0 aliphatic carbocycles. The minimum absolute atomic E-state index is 0.0829. The molecule has 1 rings (SSSR count). The predicted molar refractivity (Wildman–Crippen MR) is 54.0 cm³/mol. The Morgan fingerprint density at radius 3 is 2.64 bits per heavy atom. The van der Waals surface area contributed by atoms with Crippen LogP contribution in [0.5, 0.6) is 0 Å². The van der Waals surface area contributed by atoms with Crippen molar-refractivity contribution in [2.24, 2.45) is 0 Å². The number of pyridine rings is 1. The van der Waals surface area contributed by atoms with Gasteiger partial charge in [0.1, 0.15) is 11.5 Å². The number of carbonyl (C=O) groups is 2. The molecule has 0 unspecified atom stereocenters. The Hall–Kier alpha value is -1.77. The molecule has 3 nitrogen and oxygen atoms in total. The van der Waals surface area contributed by atoms with E-state index in [0.29, 0.717) is 5.69 Å². The zero-order valence-corrected chi connectivity index (χ0v) is 7.99. The van der Waals surface area contributed by atoms with Crippen molar-refractivity contribution in [1.29, 1.82) is 0 Å². The molecule has 0 saturated carbocycles. The number of Topliss-reactive ketones (excluding diaryl/α,β-unsaturated/α-hetero) is 2. The Bertz CT molecular complexity index is 365. The van der Waals surface area contributed by atoms with Crippen LogP contribution < -0.4 is 0 Å². The molecule has 0 radical (unpaired) electrons. The molecule has 0 amide bonds. The number of nitrogens with zero attached hydrogens (tertiary/aromatic N) is 1. The average Bonchev–Trinajstić information content (AvgIpc) is 2.17. The van der Waals surface area contributed by atoms with Gasteiger partial charge in [0.05, 0.1) is 6.42 Å². The van der Waals surface area contributed by atoms with Crippen LogP contribution in [-0.4, -0.2) is 16.6 Å². The van der Waals surface area contributed by atoms with Crippen molar-refractivity contribution in [3.63, 3.8) is 0 Å². The van der Waals surface area contributed by atoms with Crippen molar-refractivity contribution in [3.8, 4) is 0 Å². The first-order chi connectivity index (χ1) is 6.63. The monoisotopic (exact) mass is 189 g/mol. The first kappa shape index (κ1) is 10.3. The number of ketones is 2. The zero-order chi connectivity index (χ0) is 10.6. The summed E-state index contributed by atoms with van der Waals surface area (Å²) in [5.41, 5.74) is 1.18. The van der Waals surface area contributed by atoms with Gasteiger partial charge in [0.25, 0.3) is 0 Å². The van der Waals surface area contributed by atoms with Crippen LogP contribution in [0.4, 0.5) is 0 Å². The maximum atomic E-state index is 11.3. The molecule has 1 aromatic rings. The lowest BCUT2D eigenvalue weighted by Gasteiger charge is -1.97.